The van der Waals surface area contributed by atoms with E-state index in [0.29, 0.717) is 30.4 Å². The van der Waals surface area contributed by atoms with Gasteiger partial charge in [-0.05, 0) is 30.4 Å². The molecule has 1 aliphatic rings. The highest BCUT2D eigenvalue weighted by Crippen LogP contribution is 2.32. The third kappa shape index (κ3) is 2.94. The molecule has 0 spiro atoms. The van der Waals surface area contributed by atoms with Crippen molar-refractivity contribution in [3.63, 3.8) is 0 Å². The molecule has 18 heavy (non-hydrogen) atoms. The monoisotopic (exact) mass is 248 g/mol. The maximum Gasteiger partial charge on any atom is 0.224 e. The van der Waals surface area contributed by atoms with Crippen LogP contribution >= 0.6 is 0 Å². The lowest BCUT2D eigenvalue weighted by molar-refractivity contribution is -0.116. The number of nitrogens with two attached hydrogens (primary N) is 1. The van der Waals surface area contributed by atoms with E-state index in [0.717, 1.165) is 24.1 Å². The highest BCUT2D eigenvalue weighted by atomic mass is 16.5. The van der Waals surface area contributed by atoms with Crippen LogP contribution in [0.5, 0.6) is 5.75 Å². The van der Waals surface area contributed by atoms with E-state index < -0.39 is 0 Å². The fraction of sp³-hybridized carbons (Fsp3) is 0.500. The Kier molecular flexibility index (Phi) is 3.75. The first-order valence-corrected chi connectivity index (χ1v) is 6.41. The first-order chi connectivity index (χ1) is 8.56. The number of aryl methyl sites for hydroxylation is 1. The summed E-state index contributed by atoms with van der Waals surface area (Å²) >= 11 is 0. The number of carbonyl (C=O) groups excluding carboxylic acids is 1. The SMILES string of the molecule is CC(C)CCOc1cc2c(cc1N)CCC(=O)N2. The Balaban J connectivity index is 2.11. The lowest BCUT2D eigenvalue weighted by Gasteiger charge is -2.19. The van der Waals surface area contributed by atoms with Crippen LogP contribution in [0.1, 0.15) is 32.3 Å². The van der Waals surface area contributed by atoms with Gasteiger partial charge in [0, 0.05) is 18.2 Å². The standard InChI is InChI=1S/C14H20N2O2/c1-9(2)5-6-18-13-8-12-10(7-11(13)15)3-4-14(17)16-12/h7-9H,3-6,15H2,1-2H3,(H,16,17). The molecule has 0 saturated heterocycles. The van der Waals surface area contributed by atoms with E-state index >= 15 is 0 Å². The number of carbonyl (C=O) groups is 1. The number of hydrogen-bond acceptors (Lipinski definition) is 3. The van der Waals surface area contributed by atoms with Crippen LogP contribution in [0, 0.1) is 5.92 Å². The van der Waals surface area contributed by atoms with Crippen LogP contribution in [0.25, 0.3) is 0 Å². The molecule has 0 unspecified atom stereocenters. The molecule has 2 rings (SSSR count). The zero-order valence-corrected chi connectivity index (χ0v) is 11.0. The largest absolute Gasteiger partial charge is 0.491 e. The second kappa shape index (κ2) is 5.29. The van der Waals surface area contributed by atoms with Crippen molar-refractivity contribution in [3.05, 3.63) is 17.7 Å². The van der Waals surface area contributed by atoms with Gasteiger partial charge >= 0.3 is 0 Å². The van der Waals surface area contributed by atoms with Crippen molar-refractivity contribution in [2.45, 2.75) is 33.1 Å². The number of nitrogens with one attached hydrogen (secondary N) is 1. The Morgan fingerprint density at radius 1 is 1.39 bits per heavy atom. The topological polar surface area (TPSA) is 64.3 Å². The Hall–Kier alpha value is -1.71. The zero-order chi connectivity index (χ0) is 13.1. The number of benzene rings is 1. The van der Waals surface area contributed by atoms with Gasteiger partial charge in [-0.1, -0.05) is 13.8 Å². The molecule has 0 atom stereocenters. The first kappa shape index (κ1) is 12.7. The van der Waals surface area contributed by atoms with E-state index in [-0.39, 0.29) is 5.91 Å². The minimum atomic E-state index is 0.0559. The molecule has 0 saturated carbocycles. The van der Waals surface area contributed by atoms with Crippen molar-refractivity contribution in [2.75, 3.05) is 17.7 Å². The average molecular weight is 248 g/mol. The Bertz CT molecular complexity index is 455. The maximum atomic E-state index is 11.3. The molecule has 1 heterocycles. The van der Waals surface area contributed by atoms with Gasteiger partial charge in [-0.3, -0.25) is 4.79 Å². The molecule has 98 valence electrons. The lowest BCUT2D eigenvalue weighted by atomic mass is 10.0. The van der Waals surface area contributed by atoms with Crippen LogP contribution in [0.3, 0.4) is 0 Å². The molecule has 4 heteroatoms. The average Bonchev–Trinajstić information content (AvgIpc) is 2.30. The number of ether oxygens (including phenoxy) is 1. The molecular formula is C14H20N2O2. The summed E-state index contributed by atoms with van der Waals surface area (Å²) in [6.07, 6.45) is 2.26. The number of nitrogen functional groups attached to an aromatic ring is 1. The molecule has 1 amide bonds. The number of amides is 1. The van der Waals surface area contributed by atoms with E-state index in [9.17, 15) is 4.79 Å². The molecule has 1 aliphatic heterocycles. The third-order valence-electron chi connectivity index (χ3n) is 3.08. The van der Waals surface area contributed by atoms with Crippen molar-refractivity contribution in [3.8, 4) is 5.75 Å². The van der Waals surface area contributed by atoms with Crippen LogP contribution < -0.4 is 15.8 Å². The van der Waals surface area contributed by atoms with E-state index in [1.54, 1.807) is 0 Å². The number of fused-ring (bicyclic) bond motifs is 1. The molecule has 4 nitrogen and oxygen atoms in total. The first-order valence-electron chi connectivity index (χ1n) is 6.41. The highest BCUT2D eigenvalue weighted by Gasteiger charge is 2.17. The summed E-state index contributed by atoms with van der Waals surface area (Å²) in [5.41, 5.74) is 8.53. The van der Waals surface area contributed by atoms with Gasteiger partial charge in [-0.2, -0.15) is 0 Å². The van der Waals surface area contributed by atoms with Gasteiger partial charge in [0.15, 0.2) is 0 Å². The molecule has 3 N–H and O–H groups in total. The fourth-order valence-corrected chi connectivity index (χ4v) is 1.96. The normalized spacial score (nSPS) is 14.3. The molecule has 0 aromatic heterocycles. The lowest BCUT2D eigenvalue weighted by Crippen LogP contribution is -2.19. The van der Waals surface area contributed by atoms with E-state index in [2.05, 4.69) is 19.2 Å². The predicted octanol–water partition coefficient (Wildman–Crippen LogP) is 2.58. The second-order valence-corrected chi connectivity index (χ2v) is 5.13. The zero-order valence-electron chi connectivity index (χ0n) is 11.0. The molecule has 0 bridgehead atoms. The van der Waals surface area contributed by atoms with Gasteiger partial charge in [0.25, 0.3) is 0 Å². The smallest absolute Gasteiger partial charge is 0.224 e. The van der Waals surface area contributed by atoms with Crippen LogP contribution in [0.15, 0.2) is 12.1 Å². The molecule has 1 aromatic rings. The third-order valence-corrected chi connectivity index (χ3v) is 3.08. The quantitative estimate of drug-likeness (QED) is 0.805. The Morgan fingerprint density at radius 2 is 2.17 bits per heavy atom. The summed E-state index contributed by atoms with van der Waals surface area (Å²) in [6, 6.07) is 3.74. The second-order valence-electron chi connectivity index (χ2n) is 5.13. The van der Waals surface area contributed by atoms with Crippen molar-refractivity contribution in [1.29, 1.82) is 0 Å². The van der Waals surface area contributed by atoms with Crippen molar-refractivity contribution < 1.29 is 9.53 Å². The number of rotatable bonds is 4. The molecular weight excluding hydrogens is 228 g/mol. The van der Waals surface area contributed by atoms with Gasteiger partial charge in [-0.25, -0.2) is 0 Å². The van der Waals surface area contributed by atoms with Crippen LogP contribution in [0.4, 0.5) is 11.4 Å². The number of hydrogen-bond donors (Lipinski definition) is 2. The molecule has 0 aliphatic carbocycles. The van der Waals surface area contributed by atoms with Crippen LogP contribution in [0.2, 0.25) is 0 Å². The molecule has 0 radical (unpaired) electrons. The van der Waals surface area contributed by atoms with Gasteiger partial charge in [-0.15, -0.1) is 0 Å². The maximum absolute atomic E-state index is 11.3. The fourth-order valence-electron chi connectivity index (χ4n) is 1.96. The van der Waals surface area contributed by atoms with E-state index in [1.165, 1.54) is 0 Å². The van der Waals surface area contributed by atoms with Gasteiger partial charge < -0.3 is 15.8 Å². The van der Waals surface area contributed by atoms with Gasteiger partial charge in [0.05, 0.1) is 12.3 Å². The highest BCUT2D eigenvalue weighted by molar-refractivity contribution is 5.94. The summed E-state index contributed by atoms with van der Waals surface area (Å²) in [6.45, 7) is 4.95. The van der Waals surface area contributed by atoms with Crippen molar-refractivity contribution in [2.24, 2.45) is 5.92 Å². The Labute approximate surface area is 108 Å². The summed E-state index contributed by atoms with van der Waals surface area (Å²) in [5, 5.41) is 2.85. The van der Waals surface area contributed by atoms with E-state index in [1.807, 2.05) is 12.1 Å². The summed E-state index contributed by atoms with van der Waals surface area (Å²) in [5.74, 6) is 1.32. The van der Waals surface area contributed by atoms with E-state index in [4.69, 9.17) is 10.5 Å². The predicted molar refractivity (Wildman–Crippen MR) is 72.8 cm³/mol. The Morgan fingerprint density at radius 3 is 2.89 bits per heavy atom. The van der Waals surface area contributed by atoms with Crippen LogP contribution in [-0.2, 0) is 11.2 Å². The minimum Gasteiger partial charge on any atom is -0.491 e. The number of anilines is 2. The summed E-state index contributed by atoms with van der Waals surface area (Å²) < 4.78 is 5.67. The van der Waals surface area contributed by atoms with Gasteiger partial charge in [0.1, 0.15) is 5.75 Å². The molecule has 0 fully saturated rings. The summed E-state index contributed by atoms with van der Waals surface area (Å²) in [4.78, 5) is 11.3. The van der Waals surface area contributed by atoms with Crippen molar-refractivity contribution in [1.82, 2.24) is 0 Å². The molecule has 1 aromatic carbocycles. The summed E-state index contributed by atoms with van der Waals surface area (Å²) in [7, 11) is 0. The van der Waals surface area contributed by atoms with Crippen LogP contribution in [-0.4, -0.2) is 12.5 Å². The minimum absolute atomic E-state index is 0.0559. The van der Waals surface area contributed by atoms with Gasteiger partial charge in [0.2, 0.25) is 5.91 Å². The van der Waals surface area contributed by atoms with Crippen molar-refractivity contribution >= 4 is 17.3 Å².